The maximum absolute atomic E-state index is 6.02. The molecule has 1 aromatic heterocycles. The first kappa shape index (κ1) is 11.3. The molecule has 1 aromatic rings. The second-order valence-electron chi connectivity index (χ2n) is 4.70. The summed E-state index contributed by atoms with van der Waals surface area (Å²) in [5.74, 6) is 1.99. The topological polar surface area (TPSA) is 55.9 Å². The van der Waals surface area contributed by atoms with Crippen LogP contribution in [0.4, 0.5) is 11.5 Å². The van der Waals surface area contributed by atoms with E-state index in [0.29, 0.717) is 0 Å². The van der Waals surface area contributed by atoms with Crippen LogP contribution in [0.5, 0.6) is 0 Å². The largest absolute Gasteiger partial charge is 0.394 e. The molecule has 2 rings (SSSR count). The molecular formula is C12H22N4. The van der Waals surface area contributed by atoms with Crippen molar-refractivity contribution in [1.82, 2.24) is 9.78 Å². The summed E-state index contributed by atoms with van der Waals surface area (Å²) in [5.41, 5.74) is 7.83. The van der Waals surface area contributed by atoms with Crippen LogP contribution in [0.15, 0.2) is 0 Å². The van der Waals surface area contributed by atoms with Gasteiger partial charge in [0.25, 0.3) is 0 Å². The molecule has 3 N–H and O–H groups in total. The third kappa shape index (κ3) is 2.49. The van der Waals surface area contributed by atoms with E-state index in [4.69, 9.17) is 5.73 Å². The molecule has 0 radical (unpaired) electrons. The smallest absolute Gasteiger partial charge is 0.147 e. The third-order valence-electron chi connectivity index (χ3n) is 3.27. The lowest BCUT2D eigenvalue weighted by molar-refractivity contribution is 0.680. The highest BCUT2D eigenvalue weighted by Gasteiger charge is 2.20. The zero-order valence-corrected chi connectivity index (χ0v) is 10.3. The predicted molar refractivity (Wildman–Crippen MR) is 67.4 cm³/mol. The molecule has 0 saturated heterocycles. The van der Waals surface area contributed by atoms with Crippen molar-refractivity contribution in [1.29, 1.82) is 0 Å². The standard InChI is InChI=1S/C12H22N4/c1-3-10-11(13)12(16(2)15-10)14-8-4-5-9-6-7-9/h9,14H,3-8,13H2,1-2H3. The Morgan fingerprint density at radius 2 is 2.25 bits per heavy atom. The molecule has 0 aliphatic heterocycles. The summed E-state index contributed by atoms with van der Waals surface area (Å²) in [6.07, 6.45) is 6.35. The molecule has 90 valence electrons. The number of hydrogen-bond donors (Lipinski definition) is 2. The van der Waals surface area contributed by atoms with Crippen molar-refractivity contribution in [2.24, 2.45) is 13.0 Å². The van der Waals surface area contributed by atoms with Crippen LogP contribution in [0.25, 0.3) is 0 Å². The van der Waals surface area contributed by atoms with Gasteiger partial charge < -0.3 is 11.1 Å². The summed E-state index contributed by atoms with van der Waals surface area (Å²) in [6, 6.07) is 0. The molecule has 4 nitrogen and oxygen atoms in total. The number of nitrogens with one attached hydrogen (secondary N) is 1. The lowest BCUT2D eigenvalue weighted by Crippen LogP contribution is -2.08. The van der Waals surface area contributed by atoms with E-state index >= 15 is 0 Å². The van der Waals surface area contributed by atoms with Gasteiger partial charge in [-0.25, -0.2) is 0 Å². The van der Waals surface area contributed by atoms with E-state index in [0.717, 1.165) is 36.1 Å². The number of nitrogen functional groups attached to an aromatic ring is 1. The average molecular weight is 222 g/mol. The van der Waals surface area contributed by atoms with Crippen LogP contribution in [0.2, 0.25) is 0 Å². The second kappa shape index (κ2) is 4.76. The van der Waals surface area contributed by atoms with Crippen LogP contribution in [-0.2, 0) is 13.5 Å². The number of anilines is 2. The van der Waals surface area contributed by atoms with Gasteiger partial charge in [-0.3, -0.25) is 4.68 Å². The van der Waals surface area contributed by atoms with Gasteiger partial charge in [0.1, 0.15) is 5.82 Å². The van der Waals surface area contributed by atoms with E-state index in [-0.39, 0.29) is 0 Å². The number of nitrogens with two attached hydrogens (primary N) is 1. The van der Waals surface area contributed by atoms with Crippen LogP contribution in [0.3, 0.4) is 0 Å². The number of aromatic nitrogens is 2. The van der Waals surface area contributed by atoms with E-state index in [1.54, 1.807) is 0 Å². The Balaban J connectivity index is 1.84. The van der Waals surface area contributed by atoms with Gasteiger partial charge in [-0.2, -0.15) is 5.10 Å². The minimum absolute atomic E-state index is 0.816. The van der Waals surface area contributed by atoms with Crippen molar-refractivity contribution in [2.75, 3.05) is 17.6 Å². The molecule has 0 bridgehead atoms. The van der Waals surface area contributed by atoms with Gasteiger partial charge >= 0.3 is 0 Å². The summed E-state index contributed by atoms with van der Waals surface area (Å²) in [4.78, 5) is 0. The SMILES string of the molecule is CCc1nn(C)c(NCCCC2CC2)c1N. The minimum atomic E-state index is 0.816. The van der Waals surface area contributed by atoms with Gasteiger partial charge in [-0.05, 0) is 25.2 Å². The Kier molecular flexibility index (Phi) is 3.36. The lowest BCUT2D eigenvalue weighted by Gasteiger charge is -2.07. The number of aryl methyl sites for hydroxylation is 2. The molecule has 4 heteroatoms. The summed E-state index contributed by atoms with van der Waals surface area (Å²) >= 11 is 0. The fourth-order valence-corrected chi connectivity index (χ4v) is 2.07. The third-order valence-corrected chi connectivity index (χ3v) is 3.27. The first-order chi connectivity index (χ1) is 7.72. The fraction of sp³-hybridized carbons (Fsp3) is 0.750. The highest BCUT2D eigenvalue weighted by Crippen LogP contribution is 2.33. The van der Waals surface area contributed by atoms with Crippen molar-refractivity contribution in [2.45, 2.75) is 39.0 Å². The highest BCUT2D eigenvalue weighted by atomic mass is 15.3. The lowest BCUT2D eigenvalue weighted by atomic mass is 10.2. The molecule has 1 aliphatic carbocycles. The summed E-state index contributed by atoms with van der Waals surface area (Å²) in [5, 5.41) is 7.78. The van der Waals surface area contributed by atoms with E-state index in [9.17, 15) is 0 Å². The monoisotopic (exact) mass is 222 g/mol. The molecular weight excluding hydrogens is 200 g/mol. The van der Waals surface area contributed by atoms with Crippen molar-refractivity contribution in [3.63, 3.8) is 0 Å². The van der Waals surface area contributed by atoms with E-state index < -0.39 is 0 Å². The average Bonchev–Trinajstić information content (AvgIpc) is 3.04. The quantitative estimate of drug-likeness (QED) is 0.725. The molecule has 1 aliphatic rings. The van der Waals surface area contributed by atoms with Crippen molar-refractivity contribution in [3.05, 3.63) is 5.69 Å². The van der Waals surface area contributed by atoms with Crippen molar-refractivity contribution >= 4 is 11.5 Å². The van der Waals surface area contributed by atoms with E-state index in [1.807, 2.05) is 11.7 Å². The normalized spacial score (nSPS) is 15.4. The molecule has 0 spiro atoms. The van der Waals surface area contributed by atoms with Gasteiger partial charge in [0.05, 0.1) is 11.4 Å². The van der Waals surface area contributed by atoms with E-state index in [1.165, 1.54) is 25.7 Å². The van der Waals surface area contributed by atoms with E-state index in [2.05, 4.69) is 17.3 Å². The van der Waals surface area contributed by atoms with Crippen LogP contribution in [0, 0.1) is 5.92 Å². The Labute approximate surface area is 97.2 Å². The summed E-state index contributed by atoms with van der Waals surface area (Å²) in [7, 11) is 1.94. The van der Waals surface area contributed by atoms with Crippen LogP contribution < -0.4 is 11.1 Å². The second-order valence-corrected chi connectivity index (χ2v) is 4.70. The molecule has 16 heavy (non-hydrogen) atoms. The first-order valence-electron chi connectivity index (χ1n) is 6.27. The maximum atomic E-state index is 6.02. The molecule has 1 fully saturated rings. The minimum Gasteiger partial charge on any atom is -0.394 e. The maximum Gasteiger partial charge on any atom is 0.147 e. The Bertz CT molecular complexity index is 352. The zero-order valence-electron chi connectivity index (χ0n) is 10.3. The summed E-state index contributed by atoms with van der Waals surface area (Å²) in [6.45, 7) is 3.08. The van der Waals surface area contributed by atoms with Crippen LogP contribution in [-0.4, -0.2) is 16.3 Å². The first-order valence-corrected chi connectivity index (χ1v) is 6.27. The highest BCUT2D eigenvalue weighted by molar-refractivity contribution is 5.64. The van der Waals surface area contributed by atoms with Gasteiger partial charge in [-0.1, -0.05) is 19.8 Å². The molecule has 0 unspecified atom stereocenters. The van der Waals surface area contributed by atoms with Gasteiger partial charge in [-0.15, -0.1) is 0 Å². The van der Waals surface area contributed by atoms with Crippen molar-refractivity contribution in [3.8, 4) is 0 Å². The Morgan fingerprint density at radius 3 is 2.81 bits per heavy atom. The number of rotatable bonds is 6. The van der Waals surface area contributed by atoms with Gasteiger partial charge in [0.15, 0.2) is 0 Å². The van der Waals surface area contributed by atoms with Crippen LogP contribution >= 0.6 is 0 Å². The molecule has 0 aromatic carbocycles. The van der Waals surface area contributed by atoms with Crippen LogP contribution in [0.1, 0.15) is 38.3 Å². The number of nitrogens with zero attached hydrogens (tertiary/aromatic N) is 2. The Hall–Kier alpha value is -1.19. The predicted octanol–water partition coefficient (Wildman–Crippen LogP) is 2.17. The molecule has 1 heterocycles. The Morgan fingerprint density at radius 1 is 1.50 bits per heavy atom. The van der Waals surface area contributed by atoms with Crippen molar-refractivity contribution < 1.29 is 0 Å². The van der Waals surface area contributed by atoms with Gasteiger partial charge in [0, 0.05) is 13.6 Å². The fourth-order valence-electron chi connectivity index (χ4n) is 2.07. The molecule has 0 atom stereocenters. The number of hydrogen-bond acceptors (Lipinski definition) is 3. The van der Waals surface area contributed by atoms with Gasteiger partial charge in [0.2, 0.25) is 0 Å². The summed E-state index contributed by atoms with van der Waals surface area (Å²) < 4.78 is 1.85. The molecule has 0 amide bonds. The molecule has 1 saturated carbocycles. The zero-order chi connectivity index (χ0) is 11.5.